The first kappa shape index (κ1) is 24.1. The standard InChI is InChI=1S/C27H21BrFN3O3/c28-20-8-5-18(6-9-20)17-35-25-14-7-19-3-1-2-4-23(19)24(25)16-30-32-27(34)15-26(33)31-22-12-10-21(29)11-13-22/h1-14,16H,15,17H2,(H,31,33)(H,32,34). The minimum Gasteiger partial charge on any atom is -0.488 e. The smallest absolute Gasteiger partial charge is 0.249 e. The van der Waals surface area contributed by atoms with Crippen LogP contribution in [0.4, 0.5) is 10.1 Å². The first-order valence-electron chi connectivity index (χ1n) is 10.7. The molecule has 0 fully saturated rings. The van der Waals surface area contributed by atoms with Gasteiger partial charge in [0.2, 0.25) is 11.8 Å². The van der Waals surface area contributed by atoms with Gasteiger partial charge in [0.05, 0.1) is 6.21 Å². The highest BCUT2D eigenvalue weighted by Crippen LogP contribution is 2.27. The van der Waals surface area contributed by atoms with Gasteiger partial charge in [-0.05, 0) is 58.8 Å². The zero-order valence-corrected chi connectivity index (χ0v) is 20.1. The van der Waals surface area contributed by atoms with Crippen LogP contribution in [-0.4, -0.2) is 18.0 Å². The Hall–Kier alpha value is -4.04. The Labute approximate surface area is 209 Å². The molecular weight excluding hydrogens is 513 g/mol. The number of carbonyl (C=O) groups excluding carboxylic acids is 2. The quantitative estimate of drug-likeness (QED) is 0.170. The predicted octanol–water partition coefficient (Wildman–Crippen LogP) is 5.80. The van der Waals surface area contributed by atoms with Gasteiger partial charge < -0.3 is 10.1 Å². The Morgan fingerprint density at radius 2 is 1.66 bits per heavy atom. The fourth-order valence-corrected chi connectivity index (χ4v) is 3.63. The normalized spacial score (nSPS) is 10.9. The molecule has 0 heterocycles. The van der Waals surface area contributed by atoms with Gasteiger partial charge in [0.25, 0.3) is 0 Å². The fourth-order valence-electron chi connectivity index (χ4n) is 3.37. The molecule has 6 nitrogen and oxygen atoms in total. The second-order valence-electron chi connectivity index (χ2n) is 7.64. The van der Waals surface area contributed by atoms with Crippen LogP contribution in [0.15, 0.2) is 94.5 Å². The van der Waals surface area contributed by atoms with E-state index in [1.165, 1.54) is 30.5 Å². The van der Waals surface area contributed by atoms with E-state index < -0.39 is 24.1 Å². The van der Waals surface area contributed by atoms with Crippen molar-refractivity contribution >= 4 is 50.4 Å². The third-order valence-electron chi connectivity index (χ3n) is 5.07. The molecule has 0 unspecified atom stereocenters. The third-order valence-corrected chi connectivity index (χ3v) is 5.60. The third kappa shape index (κ3) is 6.74. The molecule has 0 aliphatic carbocycles. The van der Waals surface area contributed by atoms with Crippen molar-refractivity contribution in [3.8, 4) is 5.75 Å². The molecule has 0 spiro atoms. The summed E-state index contributed by atoms with van der Waals surface area (Å²) in [5.74, 6) is -0.922. The van der Waals surface area contributed by atoms with E-state index >= 15 is 0 Å². The molecule has 0 atom stereocenters. The second-order valence-corrected chi connectivity index (χ2v) is 8.55. The van der Waals surface area contributed by atoms with E-state index in [0.717, 1.165) is 20.8 Å². The van der Waals surface area contributed by atoms with Crippen molar-refractivity contribution in [1.29, 1.82) is 0 Å². The highest BCUT2D eigenvalue weighted by Gasteiger charge is 2.11. The number of halogens is 2. The maximum atomic E-state index is 13.0. The number of rotatable bonds is 8. The van der Waals surface area contributed by atoms with Crippen molar-refractivity contribution in [3.05, 3.63) is 106 Å². The number of anilines is 1. The van der Waals surface area contributed by atoms with Crippen LogP contribution in [0.3, 0.4) is 0 Å². The van der Waals surface area contributed by atoms with Crippen molar-refractivity contribution in [2.24, 2.45) is 5.10 Å². The number of ether oxygens (including phenoxy) is 1. The molecule has 0 radical (unpaired) electrons. The van der Waals surface area contributed by atoms with Crippen LogP contribution >= 0.6 is 15.9 Å². The molecule has 0 saturated heterocycles. The molecule has 2 N–H and O–H groups in total. The molecule has 8 heteroatoms. The number of hydrogen-bond donors (Lipinski definition) is 2. The average Bonchev–Trinajstić information content (AvgIpc) is 2.85. The SMILES string of the molecule is O=C(CC(=O)Nc1ccc(F)cc1)NN=Cc1c(OCc2ccc(Br)cc2)ccc2ccccc12. The number of carbonyl (C=O) groups is 2. The van der Waals surface area contributed by atoms with Crippen LogP contribution in [0.5, 0.6) is 5.75 Å². The van der Waals surface area contributed by atoms with E-state index in [1.807, 2.05) is 60.7 Å². The summed E-state index contributed by atoms with van der Waals surface area (Å²) >= 11 is 3.42. The van der Waals surface area contributed by atoms with Crippen molar-refractivity contribution in [3.63, 3.8) is 0 Å². The Balaban J connectivity index is 1.43. The van der Waals surface area contributed by atoms with Gasteiger partial charge >= 0.3 is 0 Å². The molecule has 4 rings (SSSR count). The molecule has 0 aliphatic heterocycles. The van der Waals surface area contributed by atoms with Crippen LogP contribution in [0, 0.1) is 5.82 Å². The largest absolute Gasteiger partial charge is 0.488 e. The summed E-state index contributed by atoms with van der Waals surface area (Å²) in [6.45, 7) is 0.363. The van der Waals surface area contributed by atoms with E-state index in [1.54, 1.807) is 0 Å². The van der Waals surface area contributed by atoms with Gasteiger partial charge in [0.1, 0.15) is 24.6 Å². The molecule has 0 aromatic heterocycles. The molecule has 176 valence electrons. The van der Waals surface area contributed by atoms with E-state index in [-0.39, 0.29) is 0 Å². The van der Waals surface area contributed by atoms with Gasteiger partial charge in [-0.25, -0.2) is 9.82 Å². The lowest BCUT2D eigenvalue weighted by atomic mass is 10.0. The molecule has 35 heavy (non-hydrogen) atoms. The summed E-state index contributed by atoms with van der Waals surface area (Å²) in [5, 5.41) is 8.49. The molecule has 0 aliphatic rings. The summed E-state index contributed by atoms with van der Waals surface area (Å²) in [7, 11) is 0. The predicted molar refractivity (Wildman–Crippen MR) is 138 cm³/mol. The summed E-state index contributed by atoms with van der Waals surface area (Å²) in [6, 6.07) is 24.7. The van der Waals surface area contributed by atoms with Gasteiger partial charge in [0.15, 0.2) is 0 Å². The van der Waals surface area contributed by atoms with Crippen molar-refractivity contribution in [2.45, 2.75) is 13.0 Å². The van der Waals surface area contributed by atoms with Gasteiger partial charge in [-0.3, -0.25) is 9.59 Å². The van der Waals surface area contributed by atoms with Crippen LogP contribution in [0.25, 0.3) is 10.8 Å². The first-order valence-corrected chi connectivity index (χ1v) is 11.5. The maximum Gasteiger partial charge on any atom is 0.249 e. The monoisotopic (exact) mass is 533 g/mol. The topological polar surface area (TPSA) is 79.8 Å². The zero-order chi connectivity index (χ0) is 24.6. The number of nitrogens with one attached hydrogen (secondary N) is 2. The Morgan fingerprint density at radius 3 is 2.43 bits per heavy atom. The number of benzene rings is 4. The van der Waals surface area contributed by atoms with E-state index in [9.17, 15) is 14.0 Å². The van der Waals surface area contributed by atoms with E-state index in [2.05, 4.69) is 31.8 Å². The Bertz CT molecular complexity index is 1370. The number of amides is 2. The Kier molecular flexibility index (Phi) is 7.84. The van der Waals surface area contributed by atoms with Gasteiger partial charge in [-0.15, -0.1) is 0 Å². The lowest BCUT2D eigenvalue weighted by molar-refractivity contribution is -0.126. The molecule has 4 aromatic carbocycles. The number of hydrogen-bond acceptors (Lipinski definition) is 4. The lowest BCUT2D eigenvalue weighted by Gasteiger charge is -2.12. The minimum atomic E-state index is -0.585. The highest BCUT2D eigenvalue weighted by molar-refractivity contribution is 9.10. The Morgan fingerprint density at radius 1 is 0.914 bits per heavy atom. The van der Waals surface area contributed by atoms with E-state index in [0.29, 0.717) is 23.6 Å². The summed E-state index contributed by atoms with van der Waals surface area (Å²) < 4.78 is 20.0. The van der Waals surface area contributed by atoms with E-state index in [4.69, 9.17) is 4.74 Å². The summed E-state index contributed by atoms with van der Waals surface area (Å²) in [6.07, 6.45) is 1.08. The number of fused-ring (bicyclic) bond motifs is 1. The molecule has 0 bridgehead atoms. The molecule has 4 aromatic rings. The van der Waals surface area contributed by atoms with Crippen molar-refractivity contribution in [1.82, 2.24) is 5.43 Å². The zero-order valence-electron chi connectivity index (χ0n) is 18.5. The second kappa shape index (κ2) is 11.4. The molecule has 2 amide bonds. The van der Waals surface area contributed by atoms with Crippen LogP contribution < -0.4 is 15.5 Å². The molecule has 0 saturated carbocycles. The minimum absolute atomic E-state index is 0.363. The highest BCUT2D eigenvalue weighted by atomic mass is 79.9. The molecular formula is C27H21BrFN3O3. The van der Waals surface area contributed by atoms with Crippen molar-refractivity contribution in [2.75, 3.05) is 5.32 Å². The number of nitrogens with zero attached hydrogens (tertiary/aromatic N) is 1. The van der Waals surface area contributed by atoms with Gasteiger partial charge in [-0.2, -0.15) is 5.10 Å². The lowest BCUT2D eigenvalue weighted by Crippen LogP contribution is -2.24. The fraction of sp³-hybridized carbons (Fsp3) is 0.0741. The first-order chi connectivity index (χ1) is 17.0. The summed E-state index contributed by atoms with van der Waals surface area (Å²) in [4.78, 5) is 24.3. The van der Waals surface area contributed by atoms with Crippen LogP contribution in [-0.2, 0) is 16.2 Å². The van der Waals surface area contributed by atoms with Gasteiger partial charge in [-0.1, -0.05) is 58.4 Å². The van der Waals surface area contributed by atoms with Crippen LogP contribution in [0.2, 0.25) is 0 Å². The average molecular weight is 534 g/mol. The number of hydrazone groups is 1. The van der Waals surface area contributed by atoms with Crippen molar-refractivity contribution < 1.29 is 18.7 Å². The maximum absolute atomic E-state index is 13.0. The van der Waals surface area contributed by atoms with Crippen LogP contribution in [0.1, 0.15) is 17.5 Å². The summed E-state index contributed by atoms with van der Waals surface area (Å²) in [5.41, 5.74) is 4.49. The van der Waals surface area contributed by atoms with Gasteiger partial charge in [0, 0.05) is 15.7 Å².